The highest BCUT2D eigenvalue weighted by Gasteiger charge is 2.45. The Morgan fingerprint density at radius 1 is 1.38 bits per heavy atom. The van der Waals surface area contributed by atoms with Crippen molar-refractivity contribution in [2.24, 2.45) is 11.8 Å². The average Bonchev–Trinajstić information content (AvgIpc) is 2.15. The number of aliphatic carboxylic acids is 1. The summed E-state index contributed by atoms with van der Waals surface area (Å²) >= 11 is 0. The fourth-order valence-corrected chi connectivity index (χ4v) is 1.75. The van der Waals surface area contributed by atoms with Crippen LogP contribution in [0.2, 0.25) is 0 Å². The number of piperidine rings is 1. The second-order valence-corrected chi connectivity index (χ2v) is 3.96. The minimum atomic E-state index is -4.93. The summed E-state index contributed by atoms with van der Waals surface area (Å²) in [5, 5.41) is 8.79. The fraction of sp³-hybridized carbons (Fsp3) is 0.778. The minimum Gasteiger partial charge on any atom is -0.481 e. The normalized spacial score (nSPS) is 26.6. The molecule has 1 aliphatic heterocycles. The molecule has 16 heavy (non-hydrogen) atoms. The molecule has 2 atom stereocenters. The van der Waals surface area contributed by atoms with Gasteiger partial charge < -0.3 is 10.0 Å². The molecule has 1 N–H and O–H groups in total. The Kier molecular flexibility index (Phi) is 3.44. The summed E-state index contributed by atoms with van der Waals surface area (Å²) in [5.74, 6) is -4.24. The van der Waals surface area contributed by atoms with Gasteiger partial charge in [0.25, 0.3) is 0 Å². The van der Waals surface area contributed by atoms with E-state index >= 15 is 0 Å². The largest absolute Gasteiger partial charge is 0.481 e. The molecule has 92 valence electrons. The molecule has 0 spiro atoms. The standard InChI is InChI=1S/C9H12F3NO3/c1-5-2-3-13(4-6(5)7(14)15)8(16)9(10,11)12/h5-6H,2-4H2,1H3,(H,14,15). The van der Waals surface area contributed by atoms with Crippen molar-refractivity contribution in [1.29, 1.82) is 0 Å². The van der Waals surface area contributed by atoms with Crippen LogP contribution in [0.3, 0.4) is 0 Å². The number of hydrogen-bond acceptors (Lipinski definition) is 2. The molecule has 0 aromatic rings. The summed E-state index contributed by atoms with van der Waals surface area (Å²) in [6, 6.07) is 0. The maximum Gasteiger partial charge on any atom is 0.471 e. The fourth-order valence-electron chi connectivity index (χ4n) is 1.75. The van der Waals surface area contributed by atoms with Crippen molar-refractivity contribution in [3.63, 3.8) is 0 Å². The molecule has 1 heterocycles. The van der Waals surface area contributed by atoms with Crippen molar-refractivity contribution >= 4 is 11.9 Å². The number of carbonyl (C=O) groups is 2. The predicted octanol–water partition coefficient (Wildman–Crippen LogP) is 1.12. The van der Waals surface area contributed by atoms with Crippen LogP contribution in [0.4, 0.5) is 13.2 Å². The van der Waals surface area contributed by atoms with Crippen molar-refractivity contribution in [3.8, 4) is 0 Å². The number of halogens is 3. The van der Waals surface area contributed by atoms with Gasteiger partial charge in [0.15, 0.2) is 0 Å². The Balaban J connectivity index is 2.73. The zero-order chi connectivity index (χ0) is 12.5. The number of carbonyl (C=O) groups excluding carboxylic acids is 1. The molecule has 1 saturated heterocycles. The second-order valence-electron chi connectivity index (χ2n) is 3.96. The Morgan fingerprint density at radius 3 is 2.38 bits per heavy atom. The Morgan fingerprint density at radius 2 is 1.94 bits per heavy atom. The molecule has 1 fully saturated rings. The first-order valence-corrected chi connectivity index (χ1v) is 4.82. The number of amides is 1. The van der Waals surface area contributed by atoms with Gasteiger partial charge in [-0.3, -0.25) is 9.59 Å². The van der Waals surface area contributed by atoms with Gasteiger partial charge in [0.2, 0.25) is 0 Å². The lowest BCUT2D eigenvalue weighted by atomic mass is 9.87. The molecule has 1 amide bonds. The molecule has 4 nitrogen and oxygen atoms in total. The summed E-state index contributed by atoms with van der Waals surface area (Å²) in [6.45, 7) is 1.26. The molecule has 0 bridgehead atoms. The topological polar surface area (TPSA) is 57.6 Å². The highest BCUT2D eigenvalue weighted by atomic mass is 19.4. The number of carboxylic acids is 1. The van der Waals surface area contributed by atoms with E-state index in [-0.39, 0.29) is 25.4 Å². The monoisotopic (exact) mass is 239 g/mol. The molecule has 2 unspecified atom stereocenters. The Bertz CT molecular complexity index is 303. The molecule has 0 aromatic carbocycles. The predicted molar refractivity (Wildman–Crippen MR) is 47.5 cm³/mol. The zero-order valence-corrected chi connectivity index (χ0v) is 8.62. The van der Waals surface area contributed by atoms with E-state index in [0.29, 0.717) is 4.90 Å². The minimum absolute atomic E-state index is 0.0384. The van der Waals surface area contributed by atoms with Gasteiger partial charge in [-0.15, -0.1) is 0 Å². The smallest absolute Gasteiger partial charge is 0.471 e. The van der Waals surface area contributed by atoms with E-state index in [4.69, 9.17) is 5.11 Å². The lowest BCUT2D eigenvalue weighted by molar-refractivity contribution is -0.188. The summed E-state index contributed by atoms with van der Waals surface area (Å²) in [4.78, 5) is 22.2. The molecule has 7 heteroatoms. The third-order valence-corrected chi connectivity index (χ3v) is 2.81. The van der Waals surface area contributed by atoms with Crippen molar-refractivity contribution in [2.75, 3.05) is 13.1 Å². The number of alkyl halides is 3. The van der Waals surface area contributed by atoms with Crippen LogP contribution in [-0.4, -0.2) is 41.1 Å². The first-order chi connectivity index (χ1) is 7.23. The maximum absolute atomic E-state index is 12.1. The van der Waals surface area contributed by atoms with Gasteiger partial charge in [0.05, 0.1) is 5.92 Å². The van der Waals surface area contributed by atoms with E-state index in [1.807, 2.05) is 0 Å². The lowest BCUT2D eigenvalue weighted by Crippen LogP contribution is -2.50. The first kappa shape index (κ1) is 12.8. The number of likely N-dealkylation sites (tertiary alicyclic amines) is 1. The zero-order valence-electron chi connectivity index (χ0n) is 8.62. The third-order valence-electron chi connectivity index (χ3n) is 2.81. The van der Waals surface area contributed by atoms with Gasteiger partial charge in [-0.1, -0.05) is 6.92 Å². The van der Waals surface area contributed by atoms with Gasteiger partial charge in [0, 0.05) is 13.1 Å². The molecular formula is C9H12F3NO3. The Hall–Kier alpha value is -1.27. The van der Waals surface area contributed by atoms with Crippen LogP contribution >= 0.6 is 0 Å². The molecule has 0 radical (unpaired) electrons. The molecular weight excluding hydrogens is 227 g/mol. The molecule has 1 rings (SSSR count). The van der Waals surface area contributed by atoms with Crippen LogP contribution in [0.1, 0.15) is 13.3 Å². The third kappa shape index (κ3) is 2.65. The van der Waals surface area contributed by atoms with Gasteiger partial charge >= 0.3 is 18.1 Å². The summed E-state index contributed by atoms with van der Waals surface area (Å²) in [6.07, 6.45) is -4.65. The van der Waals surface area contributed by atoms with Crippen molar-refractivity contribution in [2.45, 2.75) is 19.5 Å². The maximum atomic E-state index is 12.1. The average molecular weight is 239 g/mol. The highest BCUT2D eigenvalue weighted by molar-refractivity contribution is 5.82. The van der Waals surface area contributed by atoms with Crippen molar-refractivity contribution in [3.05, 3.63) is 0 Å². The van der Waals surface area contributed by atoms with E-state index in [0.717, 1.165) is 0 Å². The highest BCUT2D eigenvalue weighted by Crippen LogP contribution is 2.27. The molecule has 1 aliphatic rings. The Labute approximate surface area is 90.0 Å². The lowest BCUT2D eigenvalue weighted by Gasteiger charge is -2.35. The number of carboxylic acid groups (broad SMARTS) is 1. The number of hydrogen-bond donors (Lipinski definition) is 1. The number of nitrogens with zero attached hydrogens (tertiary/aromatic N) is 1. The molecule has 0 aromatic heterocycles. The summed E-state index contributed by atoms with van der Waals surface area (Å²) in [7, 11) is 0. The number of rotatable bonds is 1. The van der Waals surface area contributed by atoms with E-state index < -0.39 is 24.0 Å². The SMILES string of the molecule is CC1CCN(C(=O)C(F)(F)F)CC1C(=O)O. The van der Waals surface area contributed by atoms with Crippen LogP contribution in [0, 0.1) is 11.8 Å². The summed E-state index contributed by atoms with van der Waals surface area (Å²) in [5.41, 5.74) is 0. The van der Waals surface area contributed by atoms with E-state index in [9.17, 15) is 22.8 Å². The van der Waals surface area contributed by atoms with Gasteiger partial charge in [-0.05, 0) is 12.3 Å². The van der Waals surface area contributed by atoms with Crippen LogP contribution < -0.4 is 0 Å². The van der Waals surface area contributed by atoms with Crippen molar-refractivity contribution < 1.29 is 27.9 Å². The van der Waals surface area contributed by atoms with Crippen LogP contribution in [0.25, 0.3) is 0 Å². The summed E-state index contributed by atoms with van der Waals surface area (Å²) < 4.78 is 36.4. The second kappa shape index (κ2) is 4.31. The van der Waals surface area contributed by atoms with E-state index in [2.05, 4.69) is 0 Å². The quantitative estimate of drug-likeness (QED) is 0.745. The van der Waals surface area contributed by atoms with E-state index in [1.165, 1.54) is 0 Å². The van der Waals surface area contributed by atoms with Crippen LogP contribution in [-0.2, 0) is 9.59 Å². The van der Waals surface area contributed by atoms with Crippen LogP contribution in [0.15, 0.2) is 0 Å². The van der Waals surface area contributed by atoms with Crippen LogP contribution in [0.5, 0.6) is 0 Å². The molecule has 0 aliphatic carbocycles. The first-order valence-electron chi connectivity index (χ1n) is 4.82. The van der Waals surface area contributed by atoms with Crippen molar-refractivity contribution in [1.82, 2.24) is 4.90 Å². The van der Waals surface area contributed by atoms with E-state index in [1.54, 1.807) is 6.92 Å². The van der Waals surface area contributed by atoms with Gasteiger partial charge in [-0.25, -0.2) is 0 Å². The van der Waals surface area contributed by atoms with Gasteiger partial charge in [-0.2, -0.15) is 13.2 Å². The molecule has 0 saturated carbocycles. The van der Waals surface area contributed by atoms with Gasteiger partial charge in [0.1, 0.15) is 0 Å².